The van der Waals surface area contributed by atoms with Gasteiger partial charge in [0.2, 0.25) is 0 Å². The van der Waals surface area contributed by atoms with E-state index in [1.54, 1.807) is 0 Å². The Balaban J connectivity index is 2.13. The highest BCUT2D eigenvalue weighted by Crippen LogP contribution is 2.34. The molecule has 0 spiro atoms. The number of carbonyl (C=O) groups is 2. The van der Waals surface area contributed by atoms with Gasteiger partial charge in [-0.05, 0) is 19.3 Å². The summed E-state index contributed by atoms with van der Waals surface area (Å²) in [6, 6.07) is 0. The van der Waals surface area contributed by atoms with Crippen LogP contribution in [0.5, 0.6) is 0 Å². The van der Waals surface area contributed by atoms with Crippen LogP contribution in [0.25, 0.3) is 0 Å². The summed E-state index contributed by atoms with van der Waals surface area (Å²) in [5.74, 6) is -1.17. The van der Waals surface area contributed by atoms with Crippen LogP contribution >= 0.6 is 0 Å². The average Bonchev–Trinajstić information content (AvgIpc) is 2.98. The molecule has 1 aliphatic rings. The fourth-order valence-electron chi connectivity index (χ4n) is 2.55. The Morgan fingerprint density at radius 3 is 3.00 bits per heavy atom. The number of carbonyl (C=O) groups excluding carboxylic acids is 1. The number of hydrogen-bond donors (Lipinski definition) is 2. The van der Waals surface area contributed by atoms with E-state index in [0.717, 1.165) is 0 Å². The summed E-state index contributed by atoms with van der Waals surface area (Å²) >= 11 is 0. The van der Waals surface area contributed by atoms with Crippen LogP contribution in [0.1, 0.15) is 29.8 Å². The predicted octanol–water partition coefficient (Wildman–Crippen LogP) is 0.148. The first-order chi connectivity index (χ1) is 9.59. The van der Waals surface area contributed by atoms with Crippen LogP contribution in [0, 0.1) is 5.41 Å². The molecule has 0 aromatic carbocycles. The maximum Gasteiger partial charge on any atom is 0.311 e. The Hall–Kier alpha value is -1.96. The number of hydrogen-bond acceptors (Lipinski definition) is 5. The number of aromatic nitrogens is 3. The third-order valence-corrected chi connectivity index (χ3v) is 3.74. The van der Waals surface area contributed by atoms with Crippen LogP contribution in [0.15, 0.2) is 6.20 Å². The number of piperidine rings is 1. The molecular formula is C12H18N4O4. The van der Waals surface area contributed by atoms with Gasteiger partial charge in [0.1, 0.15) is 0 Å². The first-order valence-corrected chi connectivity index (χ1v) is 6.46. The van der Waals surface area contributed by atoms with Gasteiger partial charge in [0.15, 0.2) is 5.69 Å². The molecule has 0 bridgehead atoms. The summed E-state index contributed by atoms with van der Waals surface area (Å²) in [7, 11) is 1.54. The summed E-state index contributed by atoms with van der Waals surface area (Å²) in [6.07, 6.45) is 2.93. The standard InChI is InChI=1S/C12H18N4O4/c1-20-6-4-12(11(18)19)3-2-5-16(8-12)10(17)9-7-13-15-14-9/h7H,2-6,8H2,1H3,(H,18,19)(H,13,14,15)/t12-/m0/s1. The minimum Gasteiger partial charge on any atom is -0.481 e. The number of likely N-dealkylation sites (tertiary alicyclic amines) is 1. The largest absolute Gasteiger partial charge is 0.481 e. The van der Waals surface area contributed by atoms with Crippen LogP contribution in [0.4, 0.5) is 0 Å². The van der Waals surface area contributed by atoms with E-state index in [0.29, 0.717) is 32.4 Å². The third kappa shape index (κ3) is 2.79. The second-order valence-corrected chi connectivity index (χ2v) is 5.01. The molecule has 2 heterocycles. The van der Waals surface area contributed by atoms with Crippen LogP contribution < -0.4 is 0 Å². The normalized spacial score (nSPS) is 22.8. The second kappa shape index (κ2) is 6.00. The number of aliphatic carboxylic acids is 1. The molecule has 110 valence electrons. The summed E-state index contributed by atoms with van der Waals surface area (Å²) in [5.41, 5.74) is -0.730. The molecule has 8 nitrogen and oxygen atoms in total. The first-order valence-electron chi connectivity index (χ1n) is 6.46. The number of carboxylic acid groups (broad SMARTS) is 1. The molecule has 0 unspecified atom stereocenters. The summed E-state index contributed by atoms with van der Waals surface area (Å²) in [4.78, 5) is 25.4. The average molecular weight is 282 g/mol. The van der Waals surface area contributed by atoms with Gasteiger partial charge in [-0.3, -0.25) is 9.59 Å². The van der Waals surface area contributed by atoms with Gasteiger partial charge in [0, 0.05) is 26.8 Å². The highest BCUT2D eigenvalue weighted by atomic mass is 16.5. The zero-order chi connectivity index (χ0) is 14.6. The number of nitrogens with zero attached hydrogens (tertiary/aromatic N) is 3. The zero-order valence-corrected chi connectivity index (χ0v) is 11.3. The number of methoxy groups -OCH3 is 1. The molecule has 0 saturated carbocycles. The van der Waals surface area contributed by atoms with E-state index < -0.39 is 11.4 Å². The highest BCUT2D eigenvalue weighted by molar-refractivity contribution is 5.92. The summed E-state index contributed by atoms with van der Waals surface area (Å²) in [5, 5.41) is 19.2. The first kappa shape index (κ1) is 14.4. The van der Waals surface area contributed by atoms with Gasteiger partial charge < -0.3 is 14.7 Å². The van der Waals surface area contributed by atoms with Crippen LogP contribution in [-0.2, 0) is 9.53 Å². The van der Waals surface area contributed by atoms with Crippen molar-refractivity contribution in [1.29, 1.82) is 0 Å². The molecule has 2 rings (SSSR count). The van der Waals surface area contributed by atoms with Crippen LogP contribution in [0.2, 0.25) is 0 Å². The number of amides is 1. The molecule has 8 heteroatoms. The molecule has 1 aromatic heterocycles. The zero-order valence-electron chi connectivity index (χ0n) is 11.3. The van der Waals surface area contributed by atoms with Gasteiger partial charge in [-0.25, -0.2) is 0 Å². The van der Waals surface area contributed by atoms with Gasteiger partial charge >= 0.3 is 5.97 Å². The molecule has 1 aromatic rings. The lowest BCUT2D eigenvalue weighted by molar-refractivity contribution is -0.153. The van der Waals surface area contributed by atoms with E-state index in [2.05, 4.69) is 15.4 Å². The maximum absolute atomic E-state index is 12.2. The molecule has 2 N–H and O–H groups in total. The van der Waals surface area contributed by atoms with E-state index >= 15 is 0 Å². The predicted molar refractivity (Wildman–Crippen MR) is 68.1 cm³/mol. The van der Waals surface area contributed by atoms with Crippen molar-refractivity contribution in [1.82, 2.24) is 20.3 Å². The van der Waals surface area contributed by atoms with Crippen molar-refractivity contribution in [3.05, 3.63) is 11.9 Å². The third-order valence-electron chi connectivity index (χ3n) is 3.74. The Morgan fingerprint density at radius 2 is 2.40 bits per heavy atom. The Kier molecular flexibility index (Phi) is 4.33. The molecule has 1 amide bonds. The summed E-state index contributed by atoms with van der Waals surface area (Å²) < 4.78 is 4.99. The van der Waals surface area contributed by atoms with E-state index in [9.17, 15) is 14.7 Å². The van der Waals surface area contributed by atoms with Gasteiger partial charge in [-0.1, -0.05) is 0 Å². The molecule has 0 aliphatic carbocycles. The Labute approximate surface area is 116 Å². The number of carboxylic acids is 1. The fraction of sp³-hybridized carbons (Fsp3) is 0.667. The smallest absolute Gasteiger partial charge is 0.311 e. The van der Waals surface area contributed by atoms with E-state index in [1.165, 1.54) is 18.2 Å². The van der Waals surface area contributed by atoms with Gasteiger partial charge in [0.05, 0.1) is 11.6 Å². The van der Waals surface area contributed by atoms with Gasteiger partial charge in [-0.15, -0.1) is 0 Å². The van der Waals surface area contributed by atoms with E-state index in [4.69, 9.17) is 4.74 Å². The lowest BCUT2D eigenvalue weighted by Gasteiger charge is -2.39. The Morgan fingerprint density at radius 1 is 1.60 bits per heavy atom. The lowest BCUT2D eigenvalue weighted by atomic mass is 9.77. The quantitative estimate of drug-likeness (QED) is 0.795. The van der Waals surface area contributed by atoms with Crippen molar-refractivity contribution in [3.8, 4) is 0 Å². The van der Waals surface area contributed by atoms with Crippen molar-refractivity contribution in [3.63, 3.8) is 0 Å². The van der Waals surface area contributed by atoms with Crippen molar-refractivity contribution in [2.24, 2.45) is 5.41 Å². The van der Waals surface area contributed by atoms with Crippen molar-refractivity contribution in [2.75, 3.05) is 26.8 Å². The molecular weight excluding hydrogens is 264 g/mol. The van der Waals surface area contributed by atoms with Crippen molar-refractivity contribution >= 4 is 11.9 Å². The topological polar surface area (TPSA) is 108 Å². The number of nitrogens with one attached hydrogen (secondary N) is 1. The second-order valence-electron chi connectivity index (χ2n) is 5.01. The maximum atomic E-state index is 12.2. The van der Waals surface area contributed by atoms with Crippen LogP contribution in [0.3, 0.4) is 0 Å². The van der Waals surface area contributed by atoms with E-state index in [1.807, 2.05) is 0 Å². The molecule has 1 fully saturated rings. The monoisotopic (exact) mass is 282 g/mol. The molecule has 1 atom stereocenters. The number of aromatic amines is 1. The fourth-order valence-corrected chi connectivity index (χ4v) is 2.55. The summed E-state index contributed by atoms with van der Waals surface area (Å²) in [6.45, 7) is 1.07. The number of rotatable bonds is 5. The van der Waals surface area contributed by atoms with Gasteiger partial charge in [-0.2, -0.15) is 15.4 Å². The Bertz CT molecular complexity index is 476. The number of H-pyrrole nitrogens is 1. The lowest BCUT2D eigenvalue weighted by Crippen LogP contribution is -2.50. The molecule has 0 radical (unpaired) electrons. The minimum absolute atomic E-state index is 0.178. The van der Waals surface area contributed by atoms with Gasteiger partial charge in [0.25, 0.3) is 5.91 Å². The highest BCUT2D eigenvalue weighted by Gasteiger charge is 2.43. The van der Waals surface area contributed by atoms with Crippen LogP contribution in [-0.4, -0.2) is 64.1 Å². The SMILES string of the molecule is COCC[C@@]1(C(=O)O)CCCN(C(=O)c2cn[nH]n2)C1. The van der Waals surface area contributed by atoms with E-state index in [-0.39, 0.29) is 18.1 Å². The van der Waals surface area contributed by atoms with Crippen molar-refractivity contribution < 1.29 is 19.4 Å². The minimum atomic E-state index is -0.937. The van der Waals surface area contributed by atoms with Crippen molar-refractivity contribution in [2.45, 2.75) is 19.3 Å². The molecule has 20 heavy (non-hydrogen) atoms. The number of ether oxygens (including phenoxy) is 1. The molecule has 1 saturated heterocycles. The molecule has 1 aliphatic heterocycles.